The van der Waals surface area contributed by atoms with Gasteiger partial charge in [-0.3, -0.25) is 0 Å². The standard InChI is InChI=1S/C16H19N/c1-2-17-16-9-5-8-14-13-7-4-3-6-12(13)10-11-15(14)16/h3-4,6-7,10-11,16-17H,2,5,8-9H2,1H3. The monoisotopic (exact) mass is 225 g/mol. The van der Waals surface area contributed by atoms with Crippen molar-refractivity contribution in [2.45, 2.75) is 32.2 Å². The minimum atomic E-state index is 0.563. The zero-order valence-corrected chi connectivity index (χ0v) is 10.4. The SMILES string of the molecule is CCNC1CCCc2c1ccc1ccccc21. The first kappa shape index (κ1) is 10.8. The fourth-order valence-electron chi connectivity index (χ4n) is 3.06. The molecule has 2 aromatic rings. The van der Waals surface area contributed by atoms with Gasteiger partial charge in [0.1, 0.15) is 0 Å². The summed E-state index contributed by atoms with van der Waals surface area (Å²) in [7, 11) is 0. The lowest BCUT2D eigenvalue weighted by Gasteiger charge is -2.27. The van der Waals surface area contributed by atoms with Crippen LogP contribution >= 0.6 is 0 Å². The van der Waals surface area contributed by atoms with Crippen LogP contribution in [0.3, 0.4) is 0 Å². The predicted octanol–water partition coefficient (Wildman–Crippen LogP) is 3.83. The number of aryl methyl sites for hydroxylation is 1. The average Bonchev–Trinajstić information content (AvgIpc) is 2.39. The van der Waals surface area contributed by atoms with Gasteiger partial charge < -0.3 is 5.32 Å². The van der Waals surface area contributed by atoms with Crippen LogP contribution in [0.2, 0.25) is 0 Å². The van der Waals surface area contributed by atoms with Gasteiger partial charge in [0, 0.05) is 6.04 Å². The Morgan fingerprint density at radius 3 is 2.94 bits per heavy atom. The van der Waals surface area contributed by atoms with Crippen LogP contribution < -0.4 is 5.32 Å². The van der Waals surface area contributed by atoms with Gasteiger partial charge in [-0.15, -0.1) is 0 Å². The molecule has 3 rings (SSSR count). The van der Waals surface area contributed by atoms with Crippen LogP contribution in [0.25, 0.3) is 10.8 Å². The lowest BCUT2D eigenvalue weighted by Crippen LogP contribution is -2.24. The third-order valence-corrected chi connectivity index (χ3v) is 3.82. The Hall–Kier alpha value is -1.34. The molecule has 0 aliphatic heterocycles. The molecular weight excluding hydrogens is 206 g/mol. The molecule has 0 amide bonds. The van der Waals surface area contributed by atoms with Crippen molar-refractivity contribution in [3.63, 3.8) is 0 Å². The van der Waals surface area contributed by atoms with E-state index in [1.807, 2.05) is 0 Å². The summed E-state index contributed by atoms with van der Waals surface area (Å²) in [6.07, 6.45) is 3.82. The highest BCUT2D eigenvalue weighted by Gasteiger charge is 2.20. The molecule has 1 nitrogen and oxygen atoms in total. The van der Waals surface area contributed by atoms with Crippen LogP contribution in [0.5, 0.6) is 0 Å². The largest absolute Gasteiger partial charge is 0.310 e. The van der Waals surface area contributed by atoms with Crippen molar-refractivity contribution < 1.29 is 0 Å². The van der Waals surface area contributed by atoms with Gasteiger partial charge in [-0.05, 0) is 47.7 Å². The third-order valence-electron chi connectivity index (χ3n) is 3.82. The summed E-state index contributed by atoms with van der Waals surface area (Å²) in [5, 5.41) is 6.43. The number of benzene rings is 2. The van der Waals surface area contributed by atoms with Crippen LogP contribution in [0.15, 0.2) is 36.4 Å². The minimum absolute atomic E-state index is 0.563. The second kappa shape index (κ2) is 4.50. The highest BCUT2D eigenvalue weighted by Crippen LogP contribution is 2.34. The van der Waals surface area contributed by atoms with E-state index in [0.717, 1.165) is 6.54 Å². The van der Waals surface area contributed by atoms with Gasteiger partial charge in [0.05, 0.1) is 0 Å². The Morgan fingerprint density at radius 1 is 1.18 bits per heavy atom. The Morgan fingerprint density at radius 2 is 2.06 bits per heavy atom. The number of hydrogen-bond donors (Lipinski definition) is 1. The van der Waals surface area contributed by atoms with Crippen LogP contribution in [0.1, 0.15) is 36.9 Å². The Bertz CT molecular complexity index is 530. The molecular formula is C16H19N. The summed E-state index contributed by atoms with van der Waals surface area (Å²) in [6, 6.07) is 13.9. The molecule has 0 fully saturated rings. The van der Waals surface area contributed by atoms with Crippen LogP contribution in [0, 0.1) is 0 Å². The van der Waals surface area contributed by atoms with E-state index >= 15 is 0 Å². The molecule has 1 aliphatic rings. The molecule has 0 heterocycles. The van der Waals surface area contributed by atoms with Gasteiger partial charge in [0.15, 0.2) is 0 Å². The van der Waals surface area contributed by atoms with Crippen molar-refractivity contribution in [2.75, 3.05) is 6.54 Å². The van der Waals surface area contributed by atoms with Crippen molar-refractivity contribution in [3.8, 4) is 0 Å². The van der Waals surface area contributed by atoms with Gasteiger partial charge in [-0.25, -0.2) is 0 Å². The normalized spacial score (nSPS) is 19.2. The van der Waals surface area contributed by atoms with Gasteiger partial charge >= 0.3 is 0 Å². The molecule has 0 saturated carbocycles. The summed E-state index contributed by atoms with van der Waals surface area (Å²) in [4.78, 5) is 0. The van der Waals surface area contributed by atoms with E-state index in [9.17, 15) is 0 Å². The average molecular weight is 225 g/mol. The van der Waals surface area contributed by atoms with Crippen molar-refractivity contribution in [1.82, 2.24) is 5.32 Å². The number of rotatable bonds is 2. The summed E-state index contributed by atoms with van der Waals surface area (Å²) in [6.45, 7) is 3.24. The molecule has 1 aliphatic carbocycles. The van der Waals surface area contributed by atoms with E-state index in [1.54, 1.807) is 5.56 Å². The first-order valence-corrected chi connectivity index (χ1v) is 6.64. The summed E-state index contributed by atoms with van der Waals surface area (Å²) < 4.78 is 0. The fourth-order valence-corrected chi connectivity index (χ4v) is 3.06. The Labute approximate surface area is 103 Å². The number of nitrogens with one attached hydrogen (secondary N) is 1. The van der Waals surface area contributed by atoms with E-state index < -0.39 is 0 Å². The van der Waals surface area contributed by atoms with E-state index in [2.05, 4.69) is 48.6 Å². The highest BCUT2D eigenvalue weighted by atomic mass is 14.9. The van der Waals surface area contributed by atoms with Gasteiger partial charge in [0.2, 0.25) is 0 Å². The van der Waals surface area contributed by atoms with Crippen molar-refractivity contribution in [1.29, 1.82) is 0 Å². The maximum absolute atomic E-state index is 3.61. The fraction of sp³-hybridized carbons (Fsp3) is 0.375. The smallest absolute Gasteiger partial charge is 0.0323 e. The van der Waals surface area contributed by atoms with Crippen molar-refractivity contribution in [3.05, 3.63) is 47.5 Å². The van der Waals surface area contributed by atoms with E-state index in [-0.39, 0.29) is 0 Å². The molecule has 0 radical (unpaired) electrons. The molecule has 0 bridgehead atoms. The van der Waals surface area contributed by atoms with Gasteiger partial charge in [-0.1, -0.05) is 43.3 Å². The van der Waals surface area contributed by atoms with Crippen molar-refractivity contribution >= 4 is 10.8 Å². The molecule has 1 atom stereocenters. The molecule has 88 valence electrons. The van der Waals surface area contributed by atoms with Gasteiger partial charge in [0.25, 0.3) is 0 Å². The maximum atomic E-state index is 3.61. The van der Waals surface area contributed by atoms with E-state index in [4.69, 9.17) is 0 Å². The lowest BCUT2D eigenvalue weighted by atomic mass is 9.84. The predicted molar refractivity (Wildman–Crippen MR) is 73.3 cm³/mol. The van der Waals surface area contributed by atoms with Crippen molar-refractivity contribution in [2.24, 2.45) is 0 Å². The lowest BCUT2D eigenvalue weighted by molar-refractivity contribution is 0.473. The molecule has 1 heteroatoms. The molecule has 0 saturated heterocycles. The van der Waals surface area contributed by atoms with Crippen LogP contribution in [-0.2, 0) is 6.42 Å². The molecule has 17 heavy (non-hydrogen) atoms. The zero-order valence-electron chi connectivity index (χ0n) is 10.4. The summed E-state index contributed by atoms with van der Waals surface area (Å²) >= 11 is 0. The second-order valence-corrected chi connectivity index (χ2v) is 4.86. The maximum Gasteiger partial charge on any atom is 0.0323 e. The first-order chi connectivity index (χ1) is 8.40. The quantitative estimate of drug-likeness (QED) is 0.819. The molecule has 1 N–H and O–H groups in total. The first-order valence-electron chi connectivity index (χ1n) is 6.64. The molecule has 0 aromatic heterocycles. The Balaban J connectivity index is 2.16. The third kappa shape index (κ3) is 1.85. The summed E-state index contributed by atoms with van der Waals surface area (Å²) in [5.41, 5.74) is 3.09. The second-order valence-electron chi connectivity index (χ2n) is 4.86. The number of fused-ring (bicyclic) bond motifs is 3. The van der Waals surface area contributed by atoms with Crippen LogP contribution in [-0.4, -0.2) is 6.54 Å². The topological polar surface area (TPSA) is 12.0 Å². The zero-order chi connectivity index (χ0) is 11.7. The minimum Gasteiger partial charge on any atom is -0.310 e. The van der Waals surface area contributed by atoms with E-state index in [0.29, 0.717) is 6.04 Å². The Kier molecular flexibility index (Phi) is 2.86. The van der Waals surface area contributed by atoms with Crippen LogP contribution in [0.4, 0.5) is 0 Å². The number of hydrogen-bond acceptors (Lipinski definition) is 1. The van der Waals surface area contributed by atoms with E-state index in [1.165, 1.54) is 35.6 Å². The summed E-state index contributed by atoms with van der Waals surface area (Å²) in [5.74, 6) is 0. The molecule has 2 aromatic carbocycles. The molecule has 1 unspecified atom stereocenters. The highest BCUT2D eigenvalue weighted by molar-refractivity contribution is 5.87. The van der Waals surface area contributed by atoms with Gasteiger partial charge in [-0.2, -0.15) is 0 Å². The molecule has 0 spiro atoms.